The Kier molecular flexibility index (Phi) is 3.92. The molecule has 1 fully saturated rings. The average Bonchev–Trinajstić information content (AvgIpc) is 3.10. The lowest BCUT2D eigenvalue weighted by molar-refractivity contribution is -0.137. The first-order valence-electron chi connectivity index (χ1n) is 7.53. The summed E-state index contributed by atoms with van der Waals surface area (Å²) < 4.78 is 10.6. The highest BCUT2D eigenvalue weighted by Crippen LogP contribution is 2.32. The highest BCUT2D eigenvalue weighted by atomic mass is 16.7. The van der Waals surface area contributed by atoms with Crippen molar-refractivity contribution in [3.05, 3.63) is 23.8 Å². The first kappa shape index (κ1) is 14.7. The summed E-state index contributed by atoms with van der Waals surface area (Å²) in [6, 6.07) is 5.28. The smallest absolute Gasteiger partial charge is 0.243 e. The first-order valence-corrected chi connectivity index (χ1v) is 7.53. The Morgan fingerprint density at radius 2 is 2.14 bits per heavy atom. The van der Waals surface area contributed by atoms with Crippen LogP contribution in [0.3, 0.4) is 0 Å². The van der Waals surface area contributed by atoms with Crippen LogP contribution in [-0.4, -0.2) is 35.6 Å². The zero-order valence-electron chi connectivity index (χ0n) is 12.8. The molecule has 2 aliphatic heterocycles. The van der Waals surface area contributed by atoms with E-state index in [0.29, 0.717) is 25.1 Å². The van der Waals surface area contributed by atoms with E-state index >= 15 is 0 Å². The van der Waals surface area contributed by atoms with Crippen LogP contribution in [0.15, 0.2) is 18.2 Å². The Balaban J connectivity index is 1.61. The van der Waals surface area contributed by atoms with Crippen molar-refractivity contribution in [2.24, 2.45) is 0 Å². The molecule has 1 aromatic carbocycles. The predicted octanol–water partition coefficient (Wildman–Crippen LogP) is 1.43. The maximum absolute atomic E-state index is 12.4. The van der Waals surface area contributed by atoms with Crippen molar-refractivity contribution in [2.75, 3.05) is 6.79 Å². The largest absolute Gasteiger partial charge is 0.454 e. The van der Waals surface area contributed by atoms with Gasteiger partial charge in [-0.05, 0) is 38.0 Å². The van der Waals surface area contributed by atoms with E-state index in [1.165, 1.54) is 0 Å². The van der Waals surface area contributed by atoms with E-state index < -0.39 is 0 Å². The highest BCUT2D eigenvalue weighted by Gasteiger charge is 2.37. The number of amides is 2. The predicted molar refractivity (Wildman–Crippen MR) is 79.4 cm³/mol. The summed E-state index contributed by atoms with van der Waals surface area (Å²) in [5.41, 5.74) is 0.943. The first-order chi connectivity index (χ1) is 10.6. The van der Waals surface area contributed by atoms with Crippen LogP contribution in [0, 0.1) is 0 Å². The van der Waals surface area contributed by atoms with Crippen molar-refractivity contribution in [1.29, 1.82) is 0 Å². The molecule has 118 valence electrons. The summed E-state index contributed by atoms with van der Waals surface area (Å²) in [5.74, 6) is 1.38. The fourth-order valence-corrected chi connectivity index (χ4v) is 2.97. The summed E-state index contributed by atoms with van der Waals surface area (Å²) in [5, 5.41) is 2.91. The summed E-state index contributed by atoms with van der Waals surface area (Å²) in [6.45, 7) is 4.51. The van der Waals surface area contributed by atoms with Crippen molar-refractivity contribution in [2.45, 2.75) is 45.3 Å². The number of benzene rings is 1. The van der Waals surface area contributed by atoms with Gasteiger partial charge in [-0.2, -0.15) is 0 Å². The van der Waals surface area contributed by atoms with Crippen LogP contribution in [0.2, 0.25) is 0 Å². The monoisotopic (exact) mass is 304 g/mol. The highest BCUT2D eigenvalue weighted by molar-refractivity contribution is 5.91. The van der Waals surface area contributed by atoms with E-state index in [1.54, 1.807) is 4.90 Å². The van der Waals surface area contributed by atoms with Crippen molar-refractivity contribution in [3.63, 3.8) is 0 Å². The van der Waals surface area contributed by atoms with Gasteiger partial charge in [0.15, 0.2) is 11.5 Å². The fourth-order valence-electron chi connectivity index (χ4n) is 2.97. The zero-order chi connectivity index (χ0) is 15.7. The summed E-state index contributed by atoms with van der Waals surface area (Å²) in [4.78, 5) is 25.9. The molecule has 3 rings (SSSR count). The SMILES string of the molecule is CC(C)N1C(=O)CC[C@H]1C(=O)NCc1ccc2c(c1)OCO2. The van der Waals surface area contributed by atoms with Gasteiger partial charge >= 0.3 is 0 Å². The lowest BCUT2D eigenvalue weighted by Gasteiger charge is -2.27. The number of fused-ring (bicyclic) bond motifs is 1. The molecule has 1 saturated heterocycles. The zero-order valence-corrected chi connectivity index (χ0v) is 12.8. The standard InChI is InChI=1S/C16H20N2O4/c1-10(2)18-12(4-6-15(18)19)16(20)17-8-11-3-5-13-14(7-11)22-9-21-13/h3,5,7,10,12H,4,6,8-9H2,1-2H3,(H,17,20)/t12-/m0/s1. The van der Waals surface area contributed by atoms with Crippen LogP contribution in [0.5, 0.6) is 11.5 Å². The fraction of sp³-hybridized carbons (Fsp3) is 0.500. The van der Waals surface area contributed by atoms with Gasteiger partial charge in [0.1, 0.15) is 6.04 Å². The lowest BCUT2D eigenvalue weighted by Crippen LogP contribution is -2.47. The molecule has 1 N–H and O–H groups in total. The Labute approximate surface area is 129 Å². The van der Waals surface area contributed by atoms with Crippen molar-refractivity contribution in [3.8, 4) is 11.5 Å². The maximum Gasteiger partial charge on any atom is 0.243 e. The third kappa shape index (κ3) is 2.73. The van der Waals surface area contributed by atoms with Gasteiger partial charge in [-0.25, -0.2) is 0 Å². The molecular weight excluding hydrogens is 284 g/mol. The molecule has 1 aromatic rings. The number of carbonyl (C=O) groups excluding carboxylic acids is 2. The number of hydrogen-bond acceptors (Lipinski definition) is 4. The van der Waals surface area contributed by atoms with Gasteiger partial charge < -0.3 is 19.7 Å². The van der Waals surface area contributed by atoms with Gasteiger partial charge in [-0.15, -0.1) is 0 Å². The molecule has 0 unspecified atom stereocenters. The number of nitrogens with one attached hydrogen (secondary N) is 1. The second-order valence-electron chi connectivity index (χ2n) is 5.85. The Morgan fingerprint density at radius 3 is 2.91 bits per heavy atom. The van der Waals surface area contributed by atoms with Gasteiger partial charge in [-0.3, -0.25) is 9.59 Å². The van der Waals surface area contributed by atoms with Crippen LogP contribution in [0.1, 0.15) is 32.3 Å². The summed E-state index contributed by atoms with van der Waals surface area (Å²) in [6.07, 6.45) is 1.03. The van der Waals surface area contributed by atoms with E-state index in [-0.39, 0.29) is 30.7 Å². The van der Waals surface area contributed by atoms with Crippen LogP contribution >= 0.6 is 0 Å². The number of carbonyl (C=O) groups is 2. The minimum Gasteiger partial charge on any atom is -0.454 e. The lowest BCUT2D eigenvalue weighted by atomic mass is 10.1. The molecule has 6 nitrogen and oxygen atoms in total. The average molecular weight is 304 g/mol. The normalized spacial score (nSPS) is 19.9. The Morgan fingerprint density at radius 1 is 1.36 bits per heavy atom. The van der Waals surface area contributed by atoms with E-state index in [2.05, 4.69) is 5.32 Å². The number of likely N-dealkylation sites (tertiary alicyclic amines) is 1. The third-order valence-electron chi connectivity index (χ3n) is 4.02. The molecule has 0 saturated carbocycles. The van der Waals surface area contributed by atoms with E-state index in [0.717, 1.165) is 11.3 Å². The van der Waals surface area contributed by atoms with Gasteiger partial charge in [0.05, 0.1) is 0 Å². The molecule has 6 heteroatoms. The molecule has 0 spiro atoms. The molecular formula is C16H20N2O4. The molecule has 2 aliphatic rings. The molecule has 2 amide bonds. The Bertz CT molecular complexity index is 600. The maximum atomic E-state index is 12.4. The molecule has 0 radical (unpaired) electrons. The van der Waals surface area contributed by atoms with Gasteiger partial charge in [-0.1, -0.05) is 6.07 Å². The quantitative estimate of drug-likeness (QED) is 0.914. The minimum atomic E-state index is -0.360. The number of hydrogen-bond donors (Lipinski definition) is 1. The second kappa shape index (κ2) is 5.87. The molecule has 2 heterocycles. The van der Waals surface area contributed by atoms with Gasteiger partial charge in [0.2, 0.25) is 18.6 Å². The van der Waals surface area contributed by atoms with E-state index in [4.69, 9.17) is 9.47 Å². The molecule has 0 aliphatic carbocycles. The van der Waals surface area contributed by atoms with E-state index in [9.17, 15) is 9.59 Å². The van der Waals surface area contributed by atoms with Crippen LogP contribution in [-0.2, 0) is 16.1 Å². The summed E-state index contributed by atoms with van der Waals surface area (Å²) in [7, 11) is 0. The van der Waals surface area contributed by atoms with Crippen molar-refractivity contribution in [1.82, 2.24) is 10.2 Å². The number of ether oxygens (including phenoxy) is 2. The minimum absolute atomic E-state index is 0.0382. The van der Waals surface area contributed by atoms with Crippen molar-refractivity contribution >= 4 is 11.8 Å². The molecule has 22 heavy (non-hydrogen) atoms. The molecule has 0 aromatic heterocycles. The second-order valence-corrected chi connectivity index (χ2v) is 5.85. The van der Waals surface area contributed by atoms with E-state index in [1.807, 2.05) is 32.0 Å². The molecule has 0 bridgehead atoms. The van der Waals surface area contributed by atoms with Crippen LogP contribution in [0.4, 0.5) is 0 Å². The topological polar surface area (TPSA) is 67.9 Å². The van der Waals surface area contributed by atoms with Gasteiger partial charge in [0.25, 0.3) is 0 Å². The summed E-state index contributed by atoms with van der Waals surface area (Å²) >= 11 is 0. The number of rotatable bonds is 4. The van der Waals surface area contributed by atoms with Crippen LogP contribution < -0.4 is 14.8 Å². The van der Waals surface area contributed by atoms with Gasteiger partial charge in [0, 0.05) is 19.0 Å². The number of nitrogens with zero attached hydrogens (tertiary/aromatic N) is 1. The Hall–Kier alpha value is -2.24. The third-order valence-corrected chi connectivity index (χ3v) is 4.02. The van der Waals surface area contributed by atoms with Crippen molar-refractivity contribution < 1.29 is 19.1 Å². The van der Waals surface area contributed by atoms with Crippen LogP contribution in [0.25, 0.3) is 0 Å². The molecule has 1 atom stereocenters.